The maximum atomic E-state index is 12.9. The Morgan fingerprint density at radius 3 is 2.27 bits per heavy atom. The molecule has 26 heavy (non-hydrogen) atoms. The molecule has 0 aliphatic rings. The fraction of sp³-hybridized carbons (Fsp3) is 0.250. The van der Waals surface area contributed by atoms with Gasteiger partial charge in [0.2, 0.25) is 5.91 Å². The summed E-state index contributed by atoms with van der Waals surface area (Å²) < 4.78 is 50.4. The number of rotatable bonds is 4. The molecule has 2 rings (SSSR count). The van der Waals surface area contributed by atoms with Gasteiger partial charge in [0.05, 0.1) is 11.3 Å². The standard InChI is InChI=1S/C16H14F4N2O3S/c1-15(25,16(18,19)20)8-13(23)21-22-14(24)12-7-6-11(26-12)9-2-4-10(17)5-3-9/h2-7,25H,8H2,1H3,(H,21,23)(H,22,24)/t15-/m0/s1. The van der Waals surface area contributed by atoms with Gasteiger partial charge in [-0.05, 0) is 36.8 Å². The fourth-order valence-corrected chi connectivity index (χ4v) is 2.78. The van der Waals surface area contributed by atoms with Crippen molar-refractivity contribution in [1.29, 1.82) is 0 Å². The Balaban J connectivity index is 1.94. The van der Waals surface area contributed by atoms with Crippen molar-refractivity contribution in [2.75, 3.05) is 0 Å². The molecule has 2 aromatic rings. The highest BCUT2D eigenvalue weighted by atomic mass is 32.1. The third-order valence-corrected chi connectivity index (χ3v) is 4.52. The summed E-state index contributed by atoms with van der Waals surface area (Å²) in [6.45, 7) is 0.461. The van der Waals surface area contributed by atoms with Crippen molar-refractivity contribution in [3.05, 3.63) is 47.1 Å². The molecule has 0 saturated carbocycles. The van der Waals surface area contributed by atoms with E-state index >= 15 is 0 Å². The van der Waals surface area contributed by atoms with E-state index < -0.39 is 35.8 Å². The lowest BCUT2D eigenvalue weighted by molar-refractivity contribution is -0.253. The van der Waals surface area contributed by atoms with Crippen LogP contribution in [0.2, 0.25) is 0 Å². The second kappa shape index (κ2) is 7.42. The molecule has 0 radical (unpaired) electrons. The van der Waals surface area contributed by atoms with Crippen LogP contribution in [0.4, 0.5) is 17.6 Å². The van der Waals surface area contributed by atoms with Gasteiger partial charge in [-0.3, -0.25) is 20.4 Å². The quantitative estimate of drug-likeness (QED) is 0.555. The van der Waals surface area contributed by atoms with E-state index in [0.29, 0.717) is 17.4 Å². The molecule has 1 atom stereocenters. The van der Waals surface area contributed by atoms with Crippen LogP contribution in [0, 0.1) is 5.82 Å². The Kier molecular flexibility index (Phi) is 5.67. The lowest BCUT2D eigenvalue weighted by Crippen LogP contribution is -2.49. The molecule has 0 saturated heterocycles. The van der Waals surface area contributed by atoms with Crippen molar-refractivity contribution < 1.29 is 32.3 Å². The number of hydrogen-bond acceptors (Lipinski definition) is 4. The molecule has 0 spiro atoms. The van der Waals surface area contributed by atoms with Crippen LogP contribution in [-0.4, -0.2) is 28.7 Å². The van der Waals surface area contributed by atoms with Crippen LogP contribution in [0.15, 0.2) is 36.4 Å². The molecule has 3 N–H and O–H groups in total. The van der Waals surface area contributed by atoms with Crippen LogP contribution < -0.4 is 10.9 Å². The molecule has 5 nitrogen and oxygen atoms in total. The van der Waals surface area contributed by atoms with E-state index in [4.69, 9.17) is 0 Å². The molecule has 1 aromatic carbocycles. The topological polar surface area (TPSA) is 78.4 Å². The van der Waals surface area contributed by atoms with E-state index in [1.165, 1.54) is 30.3 Å². The number of thiophene rings is 1. The summed E-state index contributed by atoms with van der Waals surface area (Å²) in [6, 6.07) is 8.66. The van der Waals surface area contributed by atoms with E-state index in [9.17, 15) is 32.3 Å². The average Bonchev–Trinajstić information content (AvgIpc) is 3.02. The fourth-order valence-electron chi connectivity index (χ4n) is 1.87. The van der Waals surface area contributed by atoms with Gasteiger partial charge in [-0.2, -0.15) is 13.2 Å². The molecule has 0 aliphatic carbocycles. The van der Waals surface area contributed by atoms with Crippen LogP contribution >= 0.6 is 11.3 Å². The van der Waals surface area contributed by atoms with E-state index in [2.05, 4.69) is 0 Å². The third-order valence-electron chi connectivity index (χ3n) is 3.39. The minimum absolute atomic E-state index is 0.187. The summed E-state index contributed by atoms with van der Waals surface area (Å²) in [6.07, 6.45) is -6.24. The third kappa shape index (κ3) is 4.79. The monoisotopic (exact) mass is 390 g/mol. The SMILES string of the molecule is C[C@](O)(CC(=O)NNC(=O)c1ccc(-c2ccc(F)cc2)s1)C(F)(F)F. The first-order valence-electron chi connectivity index (χ1n) is 7.24. The predicted molar refractivity (Wildman–Crippen MR) is 86.6 cm³/mol. The molecule has 10 heteroatoms. The number of hydrogen-bond donors (Lipinski definition) is 3. The Hall–Kier alpha value is -2.46. The maximum Gasteiger partial charge on any atom is 0.417 e. The van der Waals surface area contributed by atoms with Gasteiger partial charge in [0.1, 0.15) is 5.82 Å². The second-order valence-electron chi connectivity index (χ2n) is 5.62. The maximum absolute atomic E-state index is 12.9. The molecule has 0 bridgehead atoms. The zero-order valence-corrected chi connectivity index (χ0v) is 14.2. The number of alkyl halides is 3. The minimum Gasteiger partial charge on any atom is -0.380 e. The summed E-state index contributed by atoms with van der Waals surface area (Å²) in [5.74, 6) is -2.33. The molecule has 1 aromatic heterocycles. The molecule has 140 valence electrons. The van der Waals surface area contributed by atoms with E-state index in [0.717, 1.165) is 11.3 Å². The molecule has 1 heterocycles. The van der Waals surface area contributed by atoms with Crippen LogP contribution in [0.3, 0.4) is 0 Å². The van der Waals surface area contributed by atoms with Crippen molar-refractivity contribution in [1.82, 2.24) is 10.9 Å². The van der Waals surface area contributed by atoms with Gasteiger partial charge in [-0.1, -0.05) is 12.1 Å². The summed E-state index contributed by atoms with van der Waals surface area (Å²) >= 11 is 1.05. The summed E-state index contributed by atoms with van der Waals surface area (Å²) in [5.41, 5.74) is 1.28. The Bertz CT molecular complexity index is 801. The van der Waals surface area contributed by atoms with Gasteiger partial charge >= 0.3 is 6.18 Å². The van der Waals surface area contributed by atoms with Gasteiger partial charge in [0.15, 0.2) is 5.60 Å². The lowest BCUT2D eigenvalue weighted by Gasteiger charge is -2.25. The number of aliphatic hydroxyl groups is 1. The Morgan fingerprint density at radius 2 is 1.69 bits per heavy atom. The number of amides is 2. The van der Waals surface area contributed by atoms with Crippen LogP contribution in [0.1, 0.15) is 23.0 Å². The second-order valence-corrected chi connectivity index (χ2v) is 6.71. The Morgan fingerprint density at radius 1 is 1.08 bits per heavy atom. The van der Waals surface area contributed by atoms with Crippen molar-refractivity contribution in [2.45, 2.75) is 25.1 Å². The van der Waals surface area contributed by atoms with Crippen molar-refractivity contribution in [2.24, 2.45) is 0 Å². The van der Waals surface area contributed by atoms with Gasteiger partial charge < -0.3 is 5.11 Å². The van der Waals surface area contributed by atoms with E-state index in [1.54, 1.807) is 6.07 Å². The highest BCUT2D eigenvalue weighted by molar-refractivity contribution is 7.17. The molecule has 0 aliphatic heterocycles. The highest BCUT2D eigenvalue weighted by Crippen LogP contribution is 2.32. The summed E-state index contributed by atoms with van der Waals surface area (Å²) in [5, 5.41) is 9.23. The largest absolute Gasteiger partial charge is 0.417 e. The smallest absolute Gasteiger partial charge is 0.380 e. The normalized spacial score (nSPS) is 13.8. The first-order valence-corrected chi connectivity index (χ1v) is 8.05. The molecule has 0 unspecified atom stereocenters. The van der Waals surface area contributed by atoms with Gasteiger partial charge in [-0.15, -0.1) is 11.3 Å². The van der Waals surface area contributed by atoms with Crippen molar-refractivity contribution in [3.63, 3.8) is 0 Å². The number of carbonyl (C=O) groups is 2. The zero-order valence-electron chi connectivity index (χ0n) is 13.4. The molecule has 0 fully saturated rings. The number of carbonyl (C=O) groups excluding carboxylic acids is 2. The van der Waals surface area contributed by atoms with Crippen LogP contribution in [0.25, 0.3) is 10.4 Å². The molecular weight excluding hydrogens is 376 g/mol. The first-order chi connectivity index (χ1) is 12.0. The predicted octanol–water partition coefficient (Wildman–Crippen LogP) is 3.02. The van der Waals surface area contributed by atoms with Gasteiger partial charge in [0, 0.05) is 4.88 Å². The van der Waals surface area contributed by atoms with Crippen LogP contribution in [-0.2, 0) is 4.79 Å². The summed E-state index contributed by atoms with van der Waals surface area (Å²) in [7, 11) is 0. The summed E-state index contributed by atoms with van der Waals surface area (Å²) in [4.78, 5) is 24.3. The number of hydrazine groups is 1. The minimum atomic E-state index is -4.98. The number of benzene rings is 1. The van der Waals surface area contributed by atoms with E-state index in [-0.39, 0.29) is 4.88 Å². The first kappa shape index (κ1) is 19.9. The molecule has 2 amide bonds. The average molecular weight is 390 g/mol. The van der Waals surface area contributed by atoms with Crippen LogP contribution in [0.5, 0.6) is 0 Å². The highest BCUT2D eigenvalue weighted by Gasteiger charge is 2.51. The number of halogens is 4. The Labute approximate surface area is 149 Å². The number of nitrogens with one attached hydrogen (secondary N) is 2. The molecular formula is C16H14F4N2O3S. The zero-order chi connectivity index (χ0) is 19.5. The lowest BCUT2D eigenvalue weighted by atomic mass is 10.0. The van der Waals surface area contributed by atoms with Gasteiger partial charge in [0.25, 0.3) is 5.91 Å². The van der Waals surface area contributed by atoms with E-state index in [1.807, 2.05) is 10.9 Å². The van der Waals surface area contributed by atoms with Gasteiger partial charge in [-0.25, -0.2) is 4.39 Å². The van der Waals surface area contributed by atoms with Crippen molar-refractivity contribution >= 4 is 23.2 Å². The van der Waals surface area contributed by atoms with Crippen molar-refractivity contribution in [3.8, 4) is 10.4 Å².